The first kappa shape index (κ1) is 9.00. The van der Waals surface area contributed by atoms with Gasteiger partial charge in [-0.05, 0) is 23.6 Å². The van der Waals surface area contributed by atoms with E-state index in [1.54, 1.807) is 28.0 Å². The van der Waals surface area contributed by atoms with E-state index < -0.39 is 0 Å². The molecule has 0 aliphatic carbocycles. The molecule has 1 aliphatic rings. The first-order chi connectivity index (χ1) is 7.40. The first-order valence-electron chi connectivity index (χ1n) is 4.49. The molecule has 0 saturated carbocycles. The summed E-state index contributed by atoms with van der Waals surface area (Å²) >= 11 is 3.40. The highest BCUT2D eigenvalue weighted by molar-refractivity contribution is 8.01. The lowest BCUT2D eigenvalue weighted by atomic mass is 10.3. The fraction of sp³-hybridized carbons (Fsp3) is 0. The molecule has 15 heavy (non-hydrogen) atoms. The maximum absolute atomic E-state index is 11.1. The Hall–Kier alpha value is -1.26. The van der Waals surface area contributed by atoms with Gasteiger partial charge < -0.3 is 0 Å². The van der Waals surface area contributed by atoms with Gasteiger partial charge in [0.15, 0.2) is 0 Å². The van der Waals surface area contributed by atoms with Crippen LogP contribution >= 0.6 is 23.1 Å². The van der Waals surface area contributed by atoms with Crippen LogP contribution < -0.4 is 4.90 Å². The van der Waals surface area contributed by atoms with Crippen molar-refractivity contribution in [1.82, 2.24) is 0 Å². The zero-order valence-corrected chi connectivity index (χ0v) is 9.35. The second kappa shape index (κ2) is 3.40. The van der Waals surface area contributed by atoms with Crippen molar-refractivity contribution >= 4 is 40.9 Å². The molecule has 0 fully saturated rings. The summed E-state index contributed by atoms with van der Waals surface area (Å²) < 4.78 is 1.18. The number of fused-ring (bicyclic) bond motifs is 2. The summed E-state index contributed by atoms with van der Waals surface area (Å²) in [6, 6.07) is 9.94. The fourth-order valence-corrected chi connectivity index (χ4v) is 3.75. The molecule has 1 amide bonds. The zero-order chi connectivity index (χ0) is 10.3. The van der Waals surface area contributed by atoms with Crippen LogP contribution in [0.3, 0.4) is 0 Å². The number of carbonyl (C=O) groups is 1. The SMILES string of the molecule is O=CN1c2ccccc2Sc2sccc21. The van der Waals surface area contributed by atoms with Crippen LogP contribution in [0.5, 0.6) is 0 Å². The number of anilines is 2. The average molecular weight is 233 g/mol. The lowest BCUT2D eigenvalue weighted by Crippen LogP contribution is -2.16. The van der Waals surface area contributed by atoms with Gasteiger partial charge in [-0.3, -0.25) is 9.69 Å². The van der Waals surface area contributed by atoms with E-state index in [1.165, 1.54) is 4.21 Å². The number of thiophene rings is 1. The van der Waals surface area contributed by atoms with Gasteiger partial charge in [0.2, 0.25) is 6.41 Å². The summed E-state index contributed by atoms with van der Waals surface area (Å²) in [7, 11) is 0. The Kier molecular flexibility index (Phi) is 2.04. The third kappa shape index (κ3) is 1.29. The van der Waals surface area contributed by atoms with Gasteiger partial charge >= 0.3 is 0 Å². The van der Waals surface area contributed by atoms with Crippen LogP contribution in [-0.2, 0) is 4.79 Å². The minimum atomic E-state index is 0.879. The van der Waals surface area contributed by atoms with Crippen LogP contribution in [-0.4, -0.2) is 6.41 Å². The number of nitrogens with zero attached hydrogens (tertiary/aromatic N) is 1. The minimum Gasteiger partial charge on any atom is -0.280 e. The fourth-order valence-electron chi connectivity index (χ4n) is 1.63. The van der Waals surface area contributed by atoms with E-state index in [4.69, 9.17) is 0 Å². The molecule has 2 heterocycles. The number of benzene rings is 1. The topological polar surface area (TPSA) is 20.3 Å². The van der Waals surface area contributed by atoms with Crippen molar-refractivity contribution < 1.29 is 4.79 Å². The Labute approximate surface area is 95.5 Å². The number of amides is 1. The van der Waals surface area contributed by atoms with Crippen LogP contribution in [0.15, 0.2) is 44.8 Å². The van der Waals surface area contributed by atoms with Crippen molar-refractivity contribution in [2.45, 2.75) is 9.10 Å². The Balaban J connectivity index is 2.23. The summed E-state index contributed by atoms with van der Waals surface area (Å²) in [5, 5.41) is 2.01. The molecule has 0 bridgehead atoms. The normalized spacial score (nSPS) is 13.2. The number of para-hydroxylation sites is 1. The summed E-state index contributed by atoms with van der Waals surface area (Å²) in [5.41, 5.74) is 1.97. The van der Waals surface area contributed by atoms with Crippen LogP contribution in [0.2, 0.25) is 0 Å². The lowest BCUT2D eigenvalue weighted by Gasteiger charge is -2.24. The molecule has 1 aromatic carbocycles. The van der Waals surface area contributed by atoms with Crippen LogP contribution in [0.1, 0.15) is 0 Å². The molecule has 74 valence electrons. The Morgan fingerprint density at radius 3 is 2.87 bits per heavy atom. The van der Waals surface area contributed by atoms with Gasteiger partial charge in [-0.1, -0.05) is 23.9 Å². The van der Waals surface area contributed by atoms with Gasteiger partial charge in [-0.2, -0.15) is 0 Å². The molecule has 0 unspecified atom stereocenters. The lowest BCUT2D eigenvalue weighted by molar-refractivity contribution is -0.106. The van der Waals surface area contributed by atoms with Gasteiger partial charge in [0.25, 0.3) is 0 Å². The van der Waals surface area contributed by atoms with E-state index in [-0.39, 0.29) is 0 Å². The molecule has 0 spiro atoms. The van der Waals surface area contributed by atoms with Crippen LogP contribution in [0.4, 0.5) is 11.4 Å². The maximum atomic E-state index is 11.1. The van der Waals surface area contributed by atoms with Gasteiger partial charge in [0.1, 0.15) is 0 Å². The Morgan fingerprint density at radius 2 is 2.00 bits per heavy atom. The molecule has 4 heteroatoms. The summed E-state index contributed by atoms with van der Waals surface area (Å²) in [6.45, 7) is 0. The number of hydrogen-bond acceptors (Lipinski definition) is 3. The highest BCUT2D eigenvalue weighted by atomic mass is 32.2. The predicted molar refractivity (Wildman–Crippen MR) is 63.1 cm³/mol. The van der Waals surface area contributed by atoms with Crippen molar-refractivity contribution in [3.63, 3.8) is 0 Å². The number of hydrogen-bond donors (Lipinski definition) is 0. The molecule has 0 saturated heterocycles. The van der Waals surface area contributed by atoms with Gasteiger partial charge in [-0.15, -0.1) is 11.3 Å². The maximum Gasteiger partial charge on any atom is 0.218 e. The highest BCUT2D eigenvalue weighted by Gasteiger charge is 2.23. The minimum absolute atomic E-state index is 0.879. The van der Waals surface area contributed by atoms with Gasteiger partial charge in [0.05, 0.1) is 15.6 Å². The molecule has 3 rings (SSSR count). The van der Waals surface area contributed by atoms with Crippen molar-refractivity contribution in [3.8, 4) is 0 Å². The monoisotopic (exact) mass is 233 g/mol. The molecular formula is C11H7NOS2. The van der Waals surface area contributed by atoms with E-state index in [2.05, 4.69) is 0 Å². The van der Waals surface area contributed by atoms with E-state index >= 15 is 0 Å². The molecule has 2 nitrogen and oxygen atoms in total. The number of rotatable bonds is 1. The van der Waals surface area contributed by atoms with E-state index in [0.29, 0.717) is 0 Å². The molecule has 0 atom stereocenters. The Morgan fingerprint density at radius 1 is 1.13 bits per heavy atom. The average Bonchev–Trinajstić information content (AvgIpc) is 2.73. The second-order valence-corrected chi connectivity index (χ2v) is 5.37. The van der Waals surface area contributed by atoms with Crippen molar-refractivity contribution in [2.24, 2.45) is 0 Å². The zero-order valence-electron chi connectivity index (χ0n) is 7.71. The Bertz CT molecular complexity index is 521. The second-order valence-electron chi connectivity index (χ2n) is 3.14. The quantitative estimate of drug-likeness (QED) is 0.702. The smallest absolute Gasteiger partial charge is 0.218 e. The highest BCUT2D eigenvalue weighted by Crippen LogP contribution is 2.49. The van der Waals surface area contributed by atoms with Crippen LogP contribution in [0, 0.1) is 0 Å². The predicted octanol–water partition coefficient (Wildman–Crippen LogP) is 3.51. The molecule has 0 radical (unpaired) electrons. The standard InChI is InChI=1S/C11H7NOS2/c13-7-12-8-3-1-2-4-10(8)15-11-9(12)5-6-14-11/h1-7H. The summed E-state index contributed by atoms with van der Waals surface area (Å²) in [5.74, 6) is 0. The largest absolute Gasteiger partial charge is 0.280 e. The summed E-state index contributed by atoms with van der Waals surface area (Å²) in [6.07, 6.45) is 0.879. The van der Waals surface area contributed by atoms with Gasteiger partial charge in [-0.25, -0.2) is 0 Å². The van der Waals surface area contributed by atoms with E-state index in [9.17, 15) is 4.79 Å². The summed E-state index contributed by atoms with van der Waals surface area (Å²) in [4.78, 5) is 13.9. The van der Waals surface area contributed by atoms with Crippen molar-refractivity contribution in [1.29, 1.82) is 0 Å². The first-order valence-corrected chi connectivity index (χ1v) is 6.18. The van der Waals surface area contributed by atoms with Gasteiger partial charge in [0, 0.05) is 4.90 Å². The van der Waals surface area contributed by atoms with Crippen molar-refractivity contribution in [2.75, 3.05) is 4.90 Å². The third-order valence-electron chi connectivity index (χ3n) is 2.30. The molecular weight excluding hydrogens is 226 g/mol. The molecule has 0 N–H and O–H groups in total. The van der Waals surface area contributed by atoms with Crippen molar-refractivity contribution in [3.05, 3.63) is 35.7 Å². The molecule has 1 aromatic heterocycles. The molecule has 1 aliphatic heterocycles. The van der Waals surface area contributed by atoms with E-state index in [0.717, 1.165) is 22.7 Å². The van der Waals surface area contributed by atoms with E-state index in [1.807, 2.05) is 35.7 Å². The molecule has 2 aromatic rings. The number of carbonyl (C=O) groups excluding carboxylic acids is 1. The third-order valence-corrected chi connectivity index (χ3v) is 4.50. The van der Waals surface area contributed by atoms with Crippen LogP contribution in [0.25, 0.3) is 0 Å².